The summed E-state index contributed by atoms with van der Waals surface area (Å²) in [6, 6.07) is 0. The number of piperidine rings is 1. The van der Waals surface area contributed by atoms with Gasteiger partial charge in [0, 0.05) is 13.1 Å². The number of carbonyl (C=O) groups is 1. The second-order valence-electron chi connectivity index (χ2n) is 4.15. The van der Waals surface area contributed by atoms with Gasteiger partial charge in [-0.3, -0.25) is 4.79 Å². The van der Waals surface area contributed by atoms with Crippen molar-refractivity contribution in [2.24, 2.45) is 5.41 Å². The molecule has 0 aliphatic carbocycles. The van der Waals surface area contributed by atoms with Gasteiger partial charge in [-0.05, 0) is 37.6 Å². The molecule has 3 heteroatoms. The number of nitrogens with one attached hydrogen (secondary N) is 2. The smallest absolute Gasteiger partial charge is 0.295 e. The minimum atomic E-state index is -0.167. The van der Waals surface area contributed by atoms with Crippen LogP contribution in [0.25, 0.3) is 0 Å². The zero-order valence-electron chi connectivity index (χ0n) is 8.94. The second kappa shape index (κ2) is 5.02. The first-order valence-electron chi connectivity index (χ1n) is 5.08. The number of hydrogen-bond donors (Lipinski definition) is 2. The maximum Gasteiger partial charge on any atom is 0.295 e. The van der Waals surface area contributed by atoms with Crippen LogP contribution >= 0.6 is 0 Å². The standard InChI is InChI=1S/C11H18N2O/c1-3-5-10(14)13-9-11(2)6-4-7-12-8-11/h12H,4,6-9H2,1-2H3,(H,13,14). The Kier molecular flexibility index (Phi) is 3.97. The molecular formula is C11H18N2O. The molecule has 0 radical (unpaired) electrons. The van der Waals surface area contributed by atoms with E-state index in [9.17, 15) is 4.79 Å². The fourth-order valence-electron chi connectivity index (χ4n) is 1.72. The molecule has 0 saturated carbocycles. The zero-order valence-corrected chi connectivity index (χ0v) is 8.94. The molecule has 0 aromatic rings. The Morgan fingerprint density at radius 3 is 3.00 bits per heavy atom. The highest BCUT2D eigenvalue weighted by Crippen LogP contribution is 2.23. The first-order valence-corrected chi connectivity index (χ1v) is 5.08. The van der Waals surface area contributed by atoms with Crippen molar-refractivity contribution in [3.63, 3.8) is 0 Å². The summed E-state index contributed by atoms with van der Waals surface area (Å²) in [5.41, 5.74) is 0.198. The fraction of sp³-hybridized carbons (Fsp3) is 0.727. The van der Waals surface area contributed by atoms with Crippen molar-refractivity contribution < 1.29 is 4.79 Å². The van der Waals surface area contributed by atoms with E-state index in [1.165, 1.54) is 12.8 Å². The largest absolute Gasteiger partial charge is 0.345 e. The lowest BCUT2D eigenvalue weighted by atomic mass is 9.83. The molecular weight excluding hydrogens is 176 g/mol. The summed E-state index contributed by atoms with van der Waals surface area (Å²) in [6.07, 6.45) is 2.35. The number of amides is 1. The highest BCUT2D eigenvalue weighted by atomic mass is 16.1. The van der Waals surface area contributed by atoms with E-state index in [0.29, 0.717) is 6.54 Å². The quantitative estimate of drug-likeness (QED) is 0.629. The third-order valence-electron chi connectivity index (χ3n) is 2.60. The van der Waals surface area contributed by atoms with Crippen molar-refractivity contribution in [2.75, 3.05) is 19.6 Å². The predicted octanol–water partition coefficient (Wildman–Crippen LogP) is 0.516. The van der Waals surface area contributed by atoms with Crippen LogP contribution in [0.1, 0.15) is 26.7 Å². The molecule has 0 bridgehead atoms. The van der Waals surface area contributed by atoms with Crippen LogP contribution < -0.4 is 10.6 Å². The highest BCUT2D eigenvalue weighted by Gasteiger charge is 2.26. The topological polar surface area (TPSA) is 41.1 Å². The van der Waals surface area contributed by atoms with E-state index in [1.54, 1.807) is 6.92 Å². The molecule has 2 N–H and O–H groups in total. The van der Waals surface area contributed by atoms with Crippen molar-refractivity contribution in [2.45, 2.75) is 26.7 Å². The minimum Gasteiger partial charge on any atom is -0.345 e. The van der Waals surface area contributed by atoms with Crippen LogP contribution in [0.15, 0.2) is 0 Å². The van der Waals surface area contributed by atoms with Gasteiger partial charge in [-0.1, -0.05) is 12.8 Å². The lowest BCUT2D eigenvalue weighted by Crippen LogP contribution is -2.45. The molecule has 3 nitrogen and oxygen atoms in total. The van der Waals surface area contributed by atoms with Crippen molar-refractivity contribution in [3.8, 4) is 11.8 Å². The van der Waals surface area contributed by atoms with E-state index in [4.69, 9.17) is 0 Å². The fourth-order valence-corrected chi connectivity index (χ4v) is 1.72. The Morgan fingerprint density at radius 1 is 1.64 bits per heavy atom. The van der Waals surface area contributed by atoms with Gasteiger partial charge in [0.15, 0.2) is 0 Å². The van der Waals surface area contributed by atoms with E-state index < -0.39 is 0 Å². The first kappa shape index (κ1) is 11.1. The lowest BCUT2D eigenvalue weighted by Gasteiger charge is -2.33. The molecule has 1 fully saturated rings. The van der Waals surface area contributed by atoms with Gasteiger partial charge in [0.25, 0.3) is 5.91 Å². The summed E-state index contributed by atoms with van der Waals surface area (Å²) in [7, 11) is 0. The van der Waals surface area contributed by atoms with E-state index in [1.807, 2.05) is 0 Å². The molecule has 14 heavy (non-hydrogen) atoms. The van der Waals surface area contributed by atoms with Crippen molar-refractivity contribution >= 4 is 5.91 Å². The van der Waals surface area contributed by atoms with Crippen LogP contribution in [0.5, 0.6) is 0 Å². The van der Waals surface area contributed by atoms with Crippen LogP contribution in [0.2, 0.25) is 0 Å². The van der Waals surface area contributed by atoms with Gasteiger partial charge in [-0.2, -0.15) is 0 Å². The van der Waals surface area contributed by atoms with Crippen molar-refractivity contribution in [3.05, 3.63) is 0 Å². The molecule has 0 aromatic heterocycles. The zero-order chi connectivity index (χ0) is 10.4. The molecule has 1 aliphatic heterocycles. The normalized spacial score (nSPS) is 26.1. The number of hydrogen-bond acceptors (Lipinski definition) is 2. The second-order valence-corrected chi connectivity index (χ2v) is 4.15. The average molecular weight is 194 g/mol. The van der Waals surface area contributed by atoms with E-state index >= 15 is 0 Å². The summed E-state index contributed by atoms with van der Waals surface area (Å²) >= 11 is 0. The van der Waals surface area contributed by atoms with E-state index in [0.717, 1.165) is 13.1 Å². The average Bonchev–Trinajstić information content (AvgIpc) is 2.17. The molecule has 1 atom stereocenters. The van der Waals surface area contributed by atoms with Crippen molar-refractivity contribution in [1.29, 1.82) is 0 Å². The van der Waals surface area contributed by atoms with Crippen molar-refractivity contribution in [1.82, 2.24) is 10.6 Å². The summed E-state index contributed by atoms with van der Waals surface area (Å²) in [4.78, 5) is 11.1. The minimum absolute atomic E-state index is 0.167. The maximum atomic E-state index is 11.1. The van der Waals surface area contributed by atoms with Gasteiger partial charge in [-0.25, -0.2) is 0 Å². The van der Waals surface area contributed by atoms with Gasteiger partial charge >= 0.3 is 0 Å². The maximum absolute atomic E-state index is 11.1. The lowest BCUT2D eigenvalue weighted by molar-refractivity contribution is -0.116. The molecule has 1 amide bonds. The number of rotatable bonds is 2. The Bertz CT molecular complexity index is 256. The SMILES string of the molecule is CC#CC(=O)NCC1(C)CCCNC1. The Balaban J connectivity index is 2.34. The van der Waals surface area contributed by atoms with E-state index in [-0.39, 0.29) is 11.3 Å². The molecule has 0 spiro atoms. The summed E-state index contributed by atoms with van der Waals surface area (Å²) in [6.45, 7) is 6.65. The number of carbonyl (C=O) groups excluding carboxylic acids is 1. The van der Waals surface area contributed by atoms with E-state index in [2.05, 4.69) is 29.4 Å². The molecule has 0 aromatic carbocycles. The molecule has 1 unspecified atom stereocenters. The van der Waals surface area contributed by atoms with Crippen LogP contribution in [-0.4, -0.2) is 25.5 Å². The first-order chi connectivity index (χ1) is 6.66. The van der Waals surface area contributed by atoms with Gasteiger partial charge in [0.2, 0.25) is 0 Å². The van der Waals surface area contributed by atoms with Gasteiger partial charge < -0.3 is 10.6 Å². The van der Waals surface area contributed by atoms with Crippen LogP contribution in [0.3, 0.4) is 0 Å². The van der Waals surface area contributed by atoms with Gasteiger partial charge in [0.05, 0.1) is 0 Å². The Morgan fingerprint density at radius 2 is 2.43 bits per heavy atom. The molecule has 1 rings (SSSR count). The highest BCUT2D eigenvalue weighted by molar-refractivity contribution is 5.93. The molecule has 1 heterocycles. The third kappa shape index (κ3) is 3.39. The molecule has 1 aliphatic rings. The van der Waals surface area contributed by atoms with Gasteiger partial charge in [-0.15, -0.1) is 0 Å². The van der Waals surface area contributed by atoms with Gasteiger partial charge in [0.1, 0.15) is 0 Å². The monoisotopic (exact) mass is 194 g/mol. The molecule has 78 valence electrons. The third-order valence-corrected chi connectivity index (χ3v) is 2.60. The van der Waals surface area contributed by atoms with Crippen LogP contribution in [0.4, 0.5) is 0 Å². The predicted molar refractivity (Wildman–Crippen MR) is 56.7 cm³/mol. The summed E-state index contributed by atoms with van der Waals surface area (Å²) < 4.78 is 0. The Hall–Kier alpha value is -1.01. The summed E-state index contributed by atoms with van der Waals surface area (Å²) in [5, 5.41) is 6.18. The van der Waals surface area contributed by atoms with Crippen LogP contribution in [-0.2, 0) is 4.79 Å². The van der Waals surface area contributed by atoms with Crippen LogP contribution in [0, 0.1) is 17.3 Å². The Labute approximate surface area is 85.6 Å². The summed E-state index contributed by atoms with van der Waals surface area (Å²) in [5.74, 6) is 4.90. The molecule has 1 saturated heterocycles.